The maximum atomic E-state index is 14.6. The first kappa shape index (κ1) is 41.5. The van der Waals surface area contributed by atoms with Crippen molar-refractivity contribution in [3.8, 4) is 0 Å². The summed E-state index contributed by atoms with van der Waals surface area (Å²) < 4.78 is 230. The van der Waals surface area contributed by atoms with Crippen LogP contribution in [-0.2, 0) is 9.54 Å². The summed E-state index contributed by atoms with van der Waals surface area (Å²) >= 11 is 8.79. The lowest BCUT2D eigenvalue weighted by molar-refractivity contribution is -0.461. The molecule has 0 fully saturated rings. The first-order valence-corrected chi connectivity index (χ1v) is 15.0. The number of hydrogen-bond acceptors (Lipinski definition) is 2. The standard InChI is InChI=1S/C25H20BrClF17NOS/c1-2-10-45-15-6-5-13(26)12-14(15)17(16(45)46,7-3-4-9-27)47-11-8-18(28,29)19(30,31)20(32,33)21(34,35)22(36,37)23(38,39)24(40,41)25(42,43)44/h3-6,12H,2,7-11H2,1H3/b4-3-. The van der Waals surface area contributed by atoms with E-state index >= 15 is 0 Å². The molecule has 0 radical (unpaired) electrons. The van der Waals surface area contributed by atoms with Gasteiger partial charge in [0.25, 0.3) is 0 Å². The Hall–Kier alpha value is -1.64. The molecule has 1 aromatic carbocycles. The van der Waals surface area contributed by atoms with Crippen LogP contribution in [0.5, 0.6) is 0 Å². The molecule has 1 aliphatic heterocycles. The lowest BCUT2D eigenvalue weighted by atomic mass is 9.88. The Balaban J connectivity index is 2.53. The molecule has 1 heterocycles. The summed E-state index contributed by atoms with van der Waals surface area (Å²) in [7, 11) is 0. The molecule has 2 rings (SSSR count). The van der Waals surface area contributed by atoms with Gasteiger partial charge in [-0.25, -0.2) is 0 Å². The van der Waals surface area contributed by atoms with Gasteiger partial charge in [0.2, 0.25) is 5.91 Å². The summed E-state index contributed by atoms with van der Waals surface area (Å²) in [6, 6.07) is 4.19. The van der Waals surface area contributed by atoms with Crippen LogP contribution in [0.2, 0.25) is 0 Å². The molecule has 0 aromatic heterocycles. The minimum absolute atomic E-state index is 0.0246. The van der Waals surface area contributed by atoms with E-state index in [4.69, 9.17) is 11.6 Å². The van der Waals surface area contributed by atoms with Crippen molar-refractivity contribution in [2.75, 3.05) is 23.1 Å². The van der Waals surface area contributed by atoms with Gasteiger partial charge in [0.05, 0.1) is 0 Å². The van der Waals surface area contributed by atoms with E-state index in [0.29, 0.717) is 10.9 Å². The minimum atomic E-state index is -8.69. The second-order valence-corrected chi connectivity index (χ2v) is 12.6. The first-order chi connectivity index (χ1) is 21.0. The van der Waals surface area contributed by atoms with Gasteiger partial charge in [0.15, 0.2) is 0 Å². The number of rotatable bonds is 15. The van der Waals surface area contributed by atoms with Gasteiger partial charge in [-0.3, -0.25) is 4.79 Å². The fourth-order valence-electron chi connectivity index (χ4n) is 4.37. The molecule has 1 unspecified atom stereocenters. The molecule has 0 spiro atoms. The van der Waals surface area contributed by atoms with Crippen molar-refractivity contribution in [1.29, 1.82) is 0 Å². The number of hydrogen-bond donors (Lipinski definition) is 0. The fourth-order valence-corrected chi connectivity index (χ4v) is 6.33. The van der Waals surface area contributed by atoms with Crippen LogP contribution in [0.25, 0.3) is 0 Å². The van der Waals surface area contributed by atoms with E-state index in [1.165, 1.54) is 35.3 Å². The number of fused-ring (bicyclic) bond motifs is 1. The Labute approximate surface area is 272 Å². The summed E-state index contributed by atoms with van der Waals surface area (Å²) in [6.45, 7) is 1.66. The number of alkyl halides is 18. The fraction of sp³-hybridized carbons (Fsp3) is 0.640. The molecular formula is C25H20BrClF17NOS. The number of thioether (sulfide) groups is 1. The number of carbonyl (C=O) groups is 1. The topological polar surface area (TPSA) is 20.3 Å². The predicted octanol–water partition coefficient (Wildman–Crippen LogP) is 10.7. The van der Waals surface area contributed by atoms with E-state index in [2.05, 4.69) is 15.9 Å². The highest BCUT2D eigenvalue weighted by molar-refractivity contribution is 9.10. The maximum Gasteiger partial charge on any atom is 0.460 e. The predicted molar refractivity (Wildman–Crippen MR) is 141 cm³/mol. The van der Waals surface area contributed by atoms with Crippen LogP contribution in [0.4, 0.5) is 80.3 Å². The molecule has 1 amide bonds. The van der Waals surface area contributed by atoms with Gasteiger partial charge in [-0.05, 0) is 31.0 Å². The smallest absolute Gasteiger partial charge is 0.311 e. The number of halogens is 19. The Kier molecular flexibility index (Phi) is 11.7. The second-order valence-electron chi connectivity index (χ2n) is 10.0. The third kappa shape index (κ3) is 6.42. The van der Waals surface area contributed by atoms with Crippen LogP contribution in [0.3, 0.4) is 0 Å². The molecule has 0 saturated carbocycles. The summed E-state index contributed by atoms with van der Waals surface area (Å²) in [5, 5.41) is 0. The highest BCUT2D eigenvalue weighted by Gasteiger charge is 2.95. The van der Waals surface area contributed by atoms with Crippen LogP contribution in [0.15, 0.2) is 34.8 Å². The molecule has 0 saturated heterocycles. The van der Waals surface area contributed by atoms with Crippen LogP contribution in [-0.4, -0.2) is 71.7 Å². The van der Waals surface area contributed by atoms with E-state index in [-0.39, 0.29) is 35.4 Å². The van der Waals surface area contributed by atoms with Crippen molar-refractivity contribution in [3.63, 3.8) is 0 Å². The van der Waals surface area contributed by atoms with Gasteiger partial charge in [-0.2, -0.15) is 74.6 Å². The van der Waals surface area contributed by atoms with Gasteiger partial charge < -0.3 is 4.90 Å². The number of anilines is 1. The van der Waals surface area contributed by atoms with Crippen LogP contribution in [0, 0.1) is 0 Å². The lowest BCUT2D eigenvalue weighted by Crippen LogP contribution is -2.74. The number of benzene rings is 1. The lowest BCUT2D eigenvalue weighted by Gasteiger charge is -2.42. The average molecular weight is 821 g/mol. The highest BCUT2D eigenvalue weighted by Crippen LogP contribution is 2.64. The molecule has 1 aromatic rings. The molecule has 0 bridgehead atoms. The zero-order valence-corrected chi connectivity index (χ0v) is 26.2. The Bertz CT molecular complexity index is 1340. The summed E-state index contributed by atoms with van der Waals surface area (Å²) in [6.07, 6.45) is -8.01. The van der Waals surface area contributed by atoms with Gasteiger partial charge in [-0.1, -0.05) is 35.0 Å². The van der Waals surface area contributed by atoms with Gasteiger partial charge in [0, 0.05) is 40.3 Å². The molecule has 1 atom stereocenters. The zero-order chi connectivity index (χ0) is 36.9. The van der Waals surface area contributed by atoms with E-state index in [1.54, 1.807) is 6.92 Å². The normalized spacial score (nSPS) is 19.2. The van der Waals surface area contributed by atoms with E-state index in [1.807, 2.05) is 0 Å². The minimum Gasteiger partial charge on any atom is -0.311 e. The molecule has 2 nitrogen and oxygen atoms in total. The summed E-state index contributed by atoms with van der Waals surface area (Å²) in [5.74, 6) is -59.3. The van der Waals surface area contributed by atoms with Crippen LogP contribution in [0.1, 0.15) is 31.7 Å². The third-order valence-electron chi connectivity index (χ3n) is 6.93. The largest absolute Gasteiger partial charge is 0.460 e. The summed E-state index contributed by atoms with van der Waals surface area (Å²) in [5.41, 5.74) is 0.280. The maximum absolute atomic E-state index is 14.6. The zero-order valence-electron chi connectivity index (χ0n) is 23.1. The SMILES string of the molecule is CCCN1C(=O)C(C/C=C\CCl)(SCCC(F)(F)C(F)(F)C(F)(F)C(F)(F)C(F)(F)C(F)(F)C(F)(F)C(F)(F)F)c2cc(Br)ccc21. The van der Waals surface area contributed by atoms with E-state index in [9.17, 15) is 79.4 Å². The van der Waals surface area contributed by atoms with E-state index in [0.717, 1.165) is 0 Å². The quantitative estimate of drug-likeness (QED) is 0.0998. The Morgan fingerprint density at radius 1 is 0.787 bits per heavy atom. The number of carbonyl (C=O) groups excluding carboxylic acids is 1. The molecule has 47 heavy (non-hydrogen) atoms. The molecule has 0 N–H and O–H groups in total. The summed E-state index contributed by atoms with van der Waals surface area (Å²) in [4.78, 5) is 14.7. The number of amides is 1. The van der Waals surface area contributed by atoms with Gasteiger partial charge >= 0.3 is 47.6 Å². The Morgan fingerprint density at radius 2 is 1.28 bits per heavy atom. The second kappa shape index (κ2) is 13.2. The van der Waals surface area contributed by atoms with Gasteiger partial charge in [0.1, 0.15) is 4.75 Å². The van der Waals surface area contributed by atoms with Crippen molar-refractivity contribution in [1.82, 2.24) is 0 Å². The third-order valence-corrected chi connectivity index (χ3v) is 9.07. The molecular weight excluding hydrogens is 801 g/mol. The van der Waals surface area contributed by atoms with Crippen LogP contribution < -0.4 is 4.90 Å². The van der Waals surface area contributed by atoms with Crippen LogP contribution >= 0.6 is 39.3 Å². The highest BCUT2D eigenvalue weighted by atomic mass is 79.9. The van der Waals surface area contributed by atoms with Crippen molar-refractivity contribution in [2.45, 2.75) is 78.6 Å². The molecule has 270 valence electrons. The number of allylic oxidation sites excluding steroid dienone is 2. The van der Waals surface area contributed by atoms with Crippen molar-refractivity contribution in [2.24, 2.45) is 0 Å². The van der Waals surface area contributed by atoms with Gasteiger partial charge in [-0.15, -0.1) is 23.4 Å². The molecule has 22 heteroatoms. The Morgan fingerprint density at radius 3 is 1.74 bits per heavy atom. The van der Waals surface area contributed by atoms with Crippen molar-refractivity contribution >= 4 is 50.9 Å². The van der Waals surface area contributed by atoms with Crippen molar-refractivity contribution < 1.29 is 79.4 Å². The van der Waals surface area contributed by atoms with E-state index < -0.39 is 76.9 Å². The van der Waals surface area contributed by atoms with Crippen molar-refractivity contribution in [3.05, 3.63) is 40.4 Å². The average Bonchev–Trinajstić information content (AvgIpc) is 3.14. The first-order valence-electron chi connectivity index (χ1n) is 12.7. The number of nitrogens with zero attached hydrogens (tertiary/aromatic N) is 1. The monoisotopic (exact) mass is 819 g/mol. The molecule has 1 aliphatic rings. The molecule has 0 aliphatic carbocycles.